The van der Waals surface area contributed by atoms with Gasteiger partial charge in [-0.15, -0.1) is 0 Å². The zero-order chi connectivity index (χ0) is 31.4. The summed E-state index contributed by atoms with van der Waals surface area (Å²) in [6, 6.07) is 7.40. The van der Waals surface area contributed by atoms with Gasteiger partial charge in [-0.3, -0.25) is 14.5 Å². The molecule has 0 unspecified atom stereocenters. The van der Waals surface area contributed by atoms with Gasteiger partial charge in [-0.05, 0) is 48.8 Å². The van der Waals surface area contributed by atoms with Gasteiger partial charge in [-0.2, -0.15) is 23.5 Å². The van der Waals surface area contributed by atoms with Crippen LogP contribution in [0, 0.1) is 16.7 Å². The number of hydrogen-bond acceptors (Lipinski definition) is 8. The second-order valence-electron chi connectivity index (χ2n) is 13.6. The van der Waals surface area contributed by atoms with E-state index in [1.54, 1.807) is 12.3 Å². The van der Waals surface area contributed by atoms with Crippen LogP contribution in [0.3, 0.4) is 0 Å². The number of aromatic nitrogens is 6. The fourth-order valence-electron chi connectivity index (χ4n) is 7.36. The third-order valence-corrected chi connectivity index (χ3v) is 9.48. The first-order chi connectivity index (χ1) is 21.5. The Labute approximate surface area is 259 Å². The number of hydrogen-bond donors (Lipinski definition) is 1. The molecule has 3 aliphatic rings. The summed E-state index contributed by atoms with van der Waals surface area (Å²) in [5, 5.41) is 15.3. The van der Waals surface area contributed by atoms with E-state index in [2.05, 4.69) is 54.8 Å². The van der Waals surface area contributed by atoms with Crippen LogP contribution in [0.2, 0.25) is 0 Å². The van der Waals surface area contributed by atoms with E-state index in [0.717, 1.165) is 67.4 Å². The summed E-state index contributed by atoms with van der Waals surface area (Å²) in [5.41, 5.74) is 1.90. The average Bonchev–Trinajstić information content (AvgIpc) is 3.64. The third kappa shape index (κ3) is 5.89. The summed E-state index contributed by atoms with van der Waals surface area (Å²) >= 11 is 0. The number of rotatable bonds is 8. The molecular weight excluding hydrogens is 583 g/mol. The molecule has 0 radical (unpaired) electrons. The molecule has 3 fully saturated rings. The molecule has 0 amide bonds. The van der Waals surface area contributed by atoms with Gasteiger partial charge < -0.3 is 9.72 Å². The molecule has 2 aliphatic heterocycles. The third-order valence-electron chi connectivity index (χ3n) is 9.48. The number of ether oxygens (including phenoxy) is 1. The van der Waals surface area contributed by atoms with Gasteiger partial charge in [-0.1, -0.05) is 13.8 Å². The zero-order valence-electron chi connectivity index (χ0n) is 25.4. The van der Waals surface area contributed by atoms with Crippen molar-refractivity contribution in [2.75, 3.05) is 26.2 Å². The number of alkyl halides is 3. The van der Waals surface area contributed by atoms with E-state index in [0.29, 0.717) is 37.4 Å². The topological polar surface area (TPSA) is 112 Å². The van der Waals surface area contributed by atoms with Crippen LogP contribution in [0.15, 0.2) is 43.1 Å². The Morgan fingerprint density at radius 1 is 1.13 bits per heavy atom. The summed E-state index contributed by atoms with van der Waals surface area (Å²) in [5.74, 6) is 0.0461. The summed E-state index contributed by atoms with van der Waals surface area (Å²) < 4.78 is 49.0. The van der Waals surface area contributed by atoms with E-state index in [4.69, 9.17) is 4.74 Å². The first-order valence-corrected chi connectivity index (χ1v) is 15.4. The van der Waals surface area contributed by atoms with Crippen molar-refractivity contribution < 1.29 is 17.9 Å². The fourth-order valence-corrected chi connectivity index (χ4v) is 7.36. The van der Waals surface area contributed by atoms with Crippen LogP contribution in [0.25, 0.3) is 22.3 Å². The molecule has 45 heavy (non-hydrogen) atoms. The highest BCUT2D eigenvalue weighted by Crippen LogP contribution is 2.46. The average molecular weight is 620 g/mol. The van der Waals surface area contributed by atoms with Gasteiger partial charge in [0.2, 0.25) is 5.88 Å². The smallest absolute Gasteiger partial charge is 0.433 e. The Morgan fingerprint density at radius 3 is 2.62 bits per heavy atom. The maximum Gasteiger partial charge on any atom is 0.433 e. The van der Waals surface area contributed by atoms with Crippen LogP contribution in [0.5, 0.6) is 5.88 Å². The van der Waals surface area contributed by atoms with Crippen molar-refractivity contribution in [1.82, 2.24) is 39.5 Å². The standard InChI is InChI=1S/C32H36F3N9O/c1-30(2)18-42(19-30)16-21-11-26(32(33,34)35)41-27(12-21)45-24-4-9-43(10-5-24)23-13-31(14-23,6-7-36)44-17-22(15-40-44)28-25-3-8-37-29(25)39-20-38-28/h3,8,11-12,15,17,20,23-24H,4-6,9-10,13-14,16,18-19H2,1-2H3,(H,37,38,39)/t23-,31-. The van der Waals surface area contributed by atoms with Crippen LogP contribution < -0.4 is 4.74 Å². The molecule has 4 aromatic heterocycles. The van der Waals surface area contributed by atoms with Crippen molar-refractivity contribution >= 4 is 11.0 Å². The lowest BCUT2D eigenvalue weighted by Gasteiger charge is -2.52. The molecule has 236 valence electrons. The first-order valence-electron chi connectivity index (χ1n) is 15.4. The Kier molecular flexibility index (Phi) is 7.32. The minimum Gasteiger partial charge on any atom is -0.474 e. The van der Waals surface area contributed by atoms with Crippen molar-refractivity contribution in [2.24, 2.45) is 5.41 Å². The lowest BCUT2D eigenvalue weighted by atomic mass is 9.69. The molecule has 0 atom stereocenters. The molecule has 13 heteroatoms. The quantitative estimate of drug-likeness (QED) is 0.280. The van der Waals surface area contributed by atoms with E-state index in [-0.39, 0.29) is 22.9 Å². The molecular formula is C32H36F3N9O. The highest BCUT2D eigenvalue weighted by Gasteiger charge is 2.49. The maximum absolute atomic E-state index is 13.7. The SMILES string of the molecule is CC1(C)CN(Cc2cc(OC3CCN([C@H]4C[C@](CC#N)(n5cc(-c6ncnc7[nH]ccc67)cn5)C4)CC3)nc(C(F)(F)F)c2)C1. The molecule has 7 rings (SSSR count). The number of pyridine rings is 1. The van der Waals surface area contributed by atoms with Crippen molar-refractivity contribution in [1.29, 1.82) is 5.26 Å². The second kappa shape index (κ2) is 11.1. The molecule has 2 saturated heterocycles. The monoisotopic (exact) mass is 619 g/mol. The first kappa shape index (κ1) is 29.7. The summed E-state index contributed by atoms with van der Waals surface area (Å²) in [6.45, 7) is 7.99. The Balaban J connectivity index is 0.978. The van der Waals surface area contributed by atoms with Crippen LogP contribution >= 0.6 is 0 Å². The van der Waals surface area contributed by atoms with Gasteiger partial charge in [0, 0.05) is 68.2 Å². The summed E-state index contributed by atoms with van der Waals surface area (Å²) in [4.78, 5) is 20.2. The number of piperidine rings is 1. The predicted molar refractivity (Wildman–Crippen MR) is 160 cm³/mol. The molecule has 0 spiro atoms. The molecule has 1 saturated carbocycles. The van der Waals surface area contributed by atoms with Gasteiger partial charge in [0.05, 0.1) is 29.9 Å². The van der Waals surface area contributed by atoms with Crippen LogP contribution in [0.4, 0.5) is 13.2 Å². The van der Waals surface area contributed by atoms with Crippen molar-refractivity contribution in [3.63, 3.8) is 0 Å². The van der Waals surface area contributed by atoms with E-state index in [9.17, 15) is 18.4 Å². The molecule has 10 nitrogen and oxygen atoms in total. The number of nitrogens with zero attached hydrogens (tertiary/aromatic N) is 8. The summed E-state index contributed by atoms with van der Waals surface area (Å²) in [7, 11) is 0. The molecule has 0 aromatic carbocycles. The molecule has 1 N–H and O–H groups in total. The van der Waals surface area contributed by atoms with Crippen molar-refractivity contribution in [2.45, 2.75) is 76.4 Å². The van der Waals surface area contributed by atoms with E-state index in [1.165, 1.54) is 6.33 Å². The predicted octanol–water partition coefficient (Wildman–Crippen LogP) is 5.39. The number of nitriles is 1. The lowest BCUT2D eigenvalue weighted by Crippen LogP contribution is -2.58. The van der Waals surface area contributed by atoms with Gasteiger partial charge >= 0.3 is 6.18 Å². The van der Waals surface area contributed by atoms with Gasteiger partial charge in [0.1, 0.15) is 23.8 Å². The number of aromatic amines is 1. The number of H-pyrrole nitrogens is 1. The molecule has 4 aromatic rings. The Morgan fingerprint density at radius 2 is 1.91 bits per heavy atom. The molecule has 0 bridgehead atoms. The zero-order valence-corrected chi connectivity index (χ0v) is 25.4. The highest BCUT2D eigenvalue weighted by atomic mass is 19.4. The van der Waals surface area contributed by atoms with Gasteiger partial charge in [0.15, 0.2) is 0 Å². The highest BCUT2D eigenvalue weighted by molar-refractivity contribution is 5.90. The number of likely N-dealkylation sites (tertiary alicyclic amines) is 2. The van der Waals surface area contributed by atoms with Crippen molar-refractivity contribution in [3.05, 3.63) is 54.4 Å². The van der Waals surface area contributed by atoms with E-state index < -0.39 is 11.9 Å². The number of fused-ring (bicyclic) bond motifs is 1. The lowest BCUT2D eigenvalue weighted by molar-refractivity contribution is -0.141. The van der Waals surface area contributed by atoms with Crippen LogP contribution in [-0.4, -0.2) is 77.8 Å². The molecule has 1 aliphatic carbocycles. The second-order valence-corrected chi connectivity index (χ2v) is 13.6. The molecule has 6 heterocycles. The van der Waals surface area contributed by atoms with Crippen LogP contribution in [-0.2, 0) is 18.3 Å². The number of nitrogens with one attached hydrogen (secondary N) is 1. The van der Waals surface area contributed by atoms with Crippen molar-refractivity contribution in [3.8, 4) is 23.2 Å². The van der Waals surface area contributed by atoms with Gasteiger partial charge in [-0.25, -0.2) is 15.0 Å². The van der Waals surface area contributed by atoms with E-state index >= 15 is 0 Å². The van der Waals surface area contributed by atoms with Crippen LogP contribution in [0.1, 0.15) is 57.2 Å². The fraction of sp³-hybridized carbons (Fsp3) is 0.531. The minimum absolute atomic E-state index is 0.0461. The maximum atomic E-state index is 13.7. The summed E-state index contributed by atoms with van der Waals surface area (Å²) in [6.07, 6.45) is 5.72. The Bertz CT molecular complexity index is 1720. The minimum atomic E-state index is -4.54. The van der Waals surface area contributed by atoms with Gasteiger partial charge in [0.25, 0.3) is 0 Å². The largest absolute Gasteiger partial charge is 0.474 e. The number of halogens is 3. The van der Waals surface area contributed by atoms with E-state index in [1.807, 2.05) is 23.1 Å². The Hall–Kier alpha value is -4.02. The normalized spacial score (nSPS) is 24.2.